The van der Waals surface area contributed by atoms with Crippen molar-refractivity contribution >= 4 is 22.9 Å². The first kappa shape index (κ1) is 13.2. The summed E-state index contributed by atoms with van der Waals surface area (Å²) in [6.07, 6.45) is 1.10. The fourth-order valence-electron chi connectivity index (χ4n) is 1.93. The molecule has 0 spiro atoms. The normalized spacial score (nSPS) is 11.1. The molecule has 21 heavy (non-hydrogen) atoms. The molecule has 104 valence electrons. The largest absolute Gasteiger partial charge is 0.261 e. The Morgan fingerprint density at radius 3 is 2.48 bits per heavy atom. The predicted octanol–water partition coefficient (Wildman–Crippen LogP) is 3.96. The third-order valence-electron chi connectivity index (χ3n) is 2.97. The molecule has 0 aliphatic carbocycles. The summed E-state index contributed by atoms with van der Waals surface area (Å²) in [6.45, 7) is 0. The zero-order valence-electron chi connectivity index (χ0n) is 10.9. The van der Waals surface area contributed by atoms with Gasteiger partial charge in [0.15, 0.2) is 0 Å². The van der Waals surface area contributed by atoms with Crippen molar-refractivity contribution < 1.29 is 8.78 Å². The summed E-state index contributed by atoms with van der Waals surface area (Å²) in [7, 11) is 0. The molecule has 0 aliphatic rings. The molecular formula is C16H11F2N3. The van der Waals surface area contributed by atoms with Crippen LogP contribution in [0.4, 0.5) is 14.6 Å². The fraction of sp³-hybridized carbons (Fsp3) is 0. The molecule has 3 aromatic rings. The van der Waals surface area contributed by atoms with Crippen molar-refractivity contribution in [2.24, 2.45) is 5.10 Å². The van der Waals surface area contributed by atoms with Crippen LogP contribution in [0.2, 0.25) is 0 Å². The molecule has 0 fully saturated rings. The van der Waals surface area contributed by atoms with Gasteiger partial charge in [-0.2, -0.15) is 5.10 Å². The van der Waals surface area contributed by atoms with E-state index in [1.165, 1.54) is 18.2 Å². The molecule has 0 bridgehead atoms. The van der Waals surface area contributed by atoms with E-state index in [0.717, 1.165) is 17.1 Å². The van der Waals surface area contributed by atoms with Gasteiger partial charge in [-0.25, -0.2) is 13.8 Å². The number of hydrogen-bond donors (Lipinski definition) is 1. The second-order valence-electron chi connectivity index (χ2n) is 4.39. The number of hydrogen-bond acceptors (Lipinski definition) is 3. The Balaban J connectivity index is 1.81. The van der Waals surface area contributed by atoms with Crippen molar-refractivity contribution in [3.05, 3.63) is 71.8 Å². The molecule has 0 unspecified atom stereocenters. The molecule has 3 nitrogen and oxygen atoms in total. The van der Waals surface area contributed by atoms with Gasteiger partial charge in [-0.15, -0.1) is 0 Å². The third kappa shape index (κ3) is 2.86. The van der Waals surface area contributed by atoms with Crippen LogP contribution in [0.3, 0.4) is 0 Å². The van der Waals surface area contributed by atoms with Gasteiger partial charge in [0.1, 0.15) is 17.5 Å². The Morgan fingerprint density at radius 1 is 0.905 bits per heavy atom. The van der Waals surface area contributed by atoms with Crippen molar-refractivity contribution in [1.29, 1.82) is 0 Å². The summed E-state index contributed by atoms with van der Waals surface area (Å²) in [5, 5.41) is 4.83. The minimum atomic E-state index is -0.660. The lowest BCUT2D eigenvalue weighted by molar-refractivity contribution is 0.580. The third-order valence-corrected chi connectivity index (χ3v) is 2.97. The Bertz CT molecular complexity index is 795. The highest BCUT2D eigenvalue weighted by atomic mass is 19.1. The van der Waals surface area contributed by atoms with E-state index in [1.807, 2.05) is 30.3 Å². The Labute approximate surface area is 120 Å². The molecule has 2 aromatic carbocycles. The summed E-state index contributed by atoms with van der Waals surface area (Å²) in [5.74, 6) is -0.819. The Kier molecular flexibility index (Phi) is 3.55. The molecule has 0 radical (unpaired) electrons. The zero-order valence-corrected chi connectivity index (χ0v) is 10.9. The number of nitrogens with one attached hydrogen (secondary N) is 1. The van der Waals surface area contributed by atoms with Gasteiger partial charge in [0.05, 0.1) is 17.3 Å². The van der Waals surface area contributed by atoms with Crippen LogP contribution < -0.4 is 5.43 Å². The van der Waals surface area contributed by atoms with E-state index in [9.17, 15) is 8.78 Å². The molecule has 0 amide bonds. The van der Waals surface area contributed by atoms with Gasteiger partial charge in [0.25, 0.3) is 0 Å². The number of anilines is 1. The van der Waals surface area contributed by atoms with Gasteiger partial charge in [0.2, 0.25) is 0 Å². The van der Waals surface area contributed by atoms with E-state index in [-0.39, 0.29) is 5.56 Å². The van der Waals surface area contributed by atoms with Crippen LogP contribution in [0.25, 0.3) is 10.9 Å². The number of aromatic nitrogens is 1. The molecular weight excluding hydrogens is 272 g/mol. The van der Waals surface area contributed by atoms with Crippen molar-refractivity contribution in [1.82, 2.24) is 4.98 Å². The Hall–Kier alpha value is -2.82. The number of benzene rings is 2. The van der Waals surface area contributed by atoms with E-state index in [4.69, 9.17) is 0 Å². The van der Waals surface area contributed by atoms with Crippen LogP contribution in [-0.4, -0.2) is 11.2 Å². The molecule has 0 saturated heterocycles. The first-order valence-electron chi connectivity index (χ1n) is 6.33. The minimum absolute atomic E-state index is 0.189. The summed E-state index contributed by atoms with van der Waals surface area (Å²) in [6, 6.07) is 14.9. The highest BCUT2D eigenvalue weighted by Crippen LogP contribution is 2.14. The van der Waals surface area contributed by atoms with E-state index >= 15 is 0 Å². The average Bonchev–Trinajstić information content (AvgIpc) is 2.50. The van der Waals surface area contributed by atoms with Crippen molar-refractivity contribution in [3.8, 4) is 0 Å². The highest BCUT2D eigenvalue weighted by molar-refractivity contribution is 5.82. The summed E-state index contributed by atoms with van der Waals surface area (Å²) < 4.78 is 26.8. The van der Waals surface area contributed by atoms with Gasteiger partial charge < -0.3 is 0 Å². The number of rotatable bonds is 3. The maximum atomic E-state index is 13.4. The maximum absolute atomic E-state index is 13.4. The predicted molar refractivity (Wildman–Crippen MR) is 79.3 cm³/mol. The molecule has 0 atom stereocenters. The minimum Gasteiger partial charge on any atom is -0.261 e. The molecule has 1 heterocycles. The monoisotopic (exact) mass is 283 g/mol. The number of nitrogens with zero attached hydrogens (tertiary/aromatic N) is 2. The van der Waals surface area contributed by atoms with Crippen LogP contribution in [0, 0.1) is 11.6 Å². The number of fused-ring (bicyclic) bond motifs is 1. The first-order chi connectivity index (χ1) is 10.2. The van der Waals surface area contributed by atoms with Crippen molar-refractivity contribution in [2.45, 2.75) is 0 Å². The van der Waals surface area contributed by atoms with E-state index in [2.05, 4.69) is 15.5 Å². The number of para-hydroxylation sites is 1. The van der Waals surface area contributed by atoms with Crippen LogP contribution in [0.15, 0.2) is 59.7 Å². The van der Waals surface area contributed by atoms with E-state index in [1.54, 1.807) is 6.07 Å². The lowest BCUT2D eigenvalue weighted by Gasteiger charge is -2.02. The van der Waals surface area contributed by atoms with Gasteiger partial charge in [0, 0.05) is 5.39 Å². The molecule has 0 saturated carbocycles. The van der Waals surface area contributed by atoms with Crippen LogP contribution >= 0.6 is 0 Å². The van der Waals surface area contributed by atoms with Gasteiger partial charge >= 0.3 is 0 Å². The SMILES string of the molecule is Fc1cccc(F)c1/C=N/Nc1ccc2ccccc2n1. The maximum Gasteiger partial charge on any atom is 0.146 e. The molecule has 1 N–H and O–H groups in total. The van der Waals surface area contributed by atoms with Crippen molar-refractivity contribution in [2.75, 3.05) is 5.43 Å². The molecule has 0 aliphatic heterocycles. The lowest BCUT2D eigenvalue weighted by Crippen LogP contribution is -1.97. The molecule has 5 heteroatoms. The lowest BCUT2D eigenvalue weighted by atomic mass is 10.2. The molecule has 3 rings (SSSR count). The Morgan fingerprint density at radius 2 is 1.67 bits per heavy atom. The van der Waals surface area contributed by atoms with Crippen LogP contribution in [0.1, 0.15) is 5.56 Å². The second-order valence-corrected chi connectivity index (χ2v) is 4.39. The fourth-order valence-corrected chi connectivity index (χ4v) is 1.93. The first-order valence-corrected chi connectivity index (χ1v) is 6.33. The zero-order chi connectivity index (χ0) is 14.7. The average molecular weight is 283 g/mol. The summed E-state index contributed by atoms with van der Waals surface area (Å²) >= 11 is 0. The smallest absolute Gasteiger partial charge is 0.146 e. The van der Waals surface area contributed by atoms with Crippen LogP contribution in [0.5, 0.6) is 0 Å². The van der Waals surface area contributed by atoms with Crippen LogP contribution in [-0.2, 0) is 0 Å². The topological polar surface area (TPSA) is 37.3 Å². The second kappa shape index (κ2) is 5.66. The van der Waals surface area contributed by atoms with E-state index < -0.39 is 11.6 Å². The highest BCUT2D eigenvalue weighted by Gasteiger charge is 2.04. The summed E-state index contributed by atoms with van der Waals surface area (Å²) in [5.41, 5.74) is 3.29. The number of halogens is 2. The quantitative estimate of drug-likeness (QED) is 0.583. The van der Waals surface area contributed by atoms with Crippen molar-refractivity contribution in [3.63, 3.8) is 0 Å². The molecule has 1 aromatic heterocycles. The van der Waals surface area contributed by atoms with Gasteiger partial charge in [-0.1, -0.05) is 24.3 Å². The number of pyridine rings is 1. The standard InChI is InChI=1S/C16H11F2N3/c17-13-5-3-6-14(18)12(13)10-19-21-16-9-8-11-4-1-2-7-15(11)20-16/h1-10H,(H,20,21)/b19-10+. The van der Waals surface area contributed by atoms with Gasteiger partial charge in [-0.3, -0.25) is 5.43 Å². The summed E-state index contributed by atoms with van der Waals surface area (Å²) in [4.78, 5) is 4.34. The van der Waals surface area contributed by atoms with Gasteiger partial charge in [-0.05, 0) is 30.3 Å². The van der Waals surface area contributed by atoms with E-state index in [0.29, 0.717) is 5.82 Å². The number of hydrazone groups is 1.